The van der Waals surface area contributed by atoms with Gasteiger partial charge in [0.2, 0.25) is 0 Å². The molecule has 0 heterocycles. The number of hydrogen-bond acceptors (Lipinski definition) is 3. The first-order chi connectivity index (χ1) is 11.9. The summed E-state index contributed by atoms with van der Waals surface area (Å²) in [5.41, 5.74) is 1.04. The number of halogens is 3. The molecular formula is C18H13BrCl2N2O2. The highest BCUT2D eigenvalue weighted by Gasteiger charge is 2.12. The molecule has 1 N–H and O–H groups in total. The summed E-state index contributed by atoms with van der Waals surface area (Å²) < 4.78 is 6.25. The summed E-state index contributed by atoms with van der Waals surface area (Å²) in [6.45, 7) is 2.24. The molecule has 0 saturated carbocycles. The summed E-state index contributed by atoms with van der Waals surface area (Å²) in [5, 5.41) is 12.6. The molecule has 0 bridgehead atoms. The van der Waals surface area contributed by atoms with Gasteiger partial charge in [-0.25, -0.2) is 0 Å². The Bertz CT molecular complexity index is 835. The van der Waals surface area contributed by atoms with Crippen molar-refractivity contribution in [3.05, 3.63) is 62.1 Å². The van der Waals surface area contributed by atoms with Gasteiger partial charge in [-0.3, -0.25) is 4.79 Å². The lowest BCUT2D eigenvalue weighted by molar-refractivity contribution is -0.112. The molecule has 0 aromatic heterocycles. The van der Waals surface area contributed by atoms with Crippen LogP contribution in [0, 0.1) is 11.3 Å². The van der Waals surface area contributed by atoms with Crippen LogP contribution < -0.4 is 10.1 Å². The van der Waals surface area contributed by atoms with Crippen LogP contribution in [0.15, 0.2) is 46.4 Å². The van der Waals surface area contributed by atoms with Crippen molar-refractivity contribution in [1.29, 1.82) is 5.26 Å². The van der Waals surface area contributed by atoms with E-state index in [1.807, 2.05) is 13.0 Å². The zero-order chi connectivity index (χ0) is 18.4. The minimum absolute atomic E-state index is 0.0702. The quantitative estimate of drug-likeness (QED) is 0.480. The minimum atomic E-state index is -0.522. The van der Waals surface area contributed by atoms with Gasteiger partial charge in [0.15, 0.2) is 5.75 Å². The number of hydrogen-bond donors (Lipinski definition) is 1. The van der Waals surface area contributed by atoms with Gasteiger partial charge in [-0.05, 0) is 55.0 Å². The van der Waals surface area contributed by atoms with Crippen molar-refractivity contribution in [2.75, 3.05) is 11.9 Å². The molecule has 2 aromatic rings. The molecule has 4 nitrogen and oxygen atoms in total. The maximum atomic E-state index is 12.3. The van der Waals surface area contributed by atoms with Crippen LogP contribution in [0.3, 0.4) is 0 Å². The third kappa shape index (κ3) is 5.23. The number of benzene rings is 2. The number of carbonyl (C=O) groups excluding carboxylic acids is 1. The molecule has 7 heteroatoms. The number of rotatable bonds is 5. The standard InChI is InChI=1S/C18H13BrCl2N2O2/c1-2-25-17-15(20)8-11(9-16(17)21)7-12(10-22)18(24)23-14-5-3-13(19)4-6-14/h3-9H,2H2,1H3,(H,23,24)/b12-7-. The SMILES string of the molecule is CCOc1c(Cl)cc(/C=C(/C#N)C(=O)Nc2ccc(Br)cc2)cc1Cl. The lowest BCUT2D eigenvalue weighted by Crippen LogP contribution is -2.13. The predicted octanol–water partition coefficient (Wildman–Crippen LogP) is 5.70. The Morgan fingerprint density at radius 1 is 1.28 bits per heavy atom. The first-order valence-corrected chi connectivity index (χ1v) is 8.80. The number of nitriles is 1. The van der Waals surface area contributed by atoms with Crippen molar-refractivity contribution in [3.63, 3.8) is 0 Å². The van der Waals surface area contributed by atoms with E-state index in [9.17, 15) is 10.1 Å². The molecule has 0 aliphatic rings. The largest absolute Gasteiger partial charge is 0.491 e. The second-order valence-electron chi connectivity index (χ2n) is 4.88. The number of nitrogens with zero attached hydrogens (tertiary/aromatic N) is 1. The monoisotopic (exact) mass is 438 g/mol. The van der Waals surface area contributed by atoms with E-state index < -0.39 is 5.91 Å². The summed E-state index contributed by atoms with van der Waals surface area (Å²) in [4.78, 5) is 12.3. The van der Waals surface area contributed by atoms with Crippen LogP contribution in [0.4, 0.5) is 5.69 Å². The van der Waals surface area contributed by atoms with Gasteiger partial charge in [-0.1, -0.05) is 39.1 Å². The smallest absolute Gasteiger partial charge is 0.266 e. The third-order valence-electron chi connectivity index (χ3n) is 3.09. The first kappa shape index (κ1) is 19.3. The second kappa shape index (κ2) is 8.91. The number of carbonyl (C=O) groups is 1. The molecule has 0 spiro atoms. The van der Waals surface area contributed by atoms with E-state index in [2.05, 4.69) is 21.2 Å². The van der Waals surface area contributed by atoms with Crippen LogP contribution >= 0.6 is 39.1 Å². The highest BCUT2D eigenvalue weighted by Crippen LogP contribution is 2.34. The molecule has 25 heavy (non-hydrogen) atoms. The van der Waals surface area contributed by atoms with E-state index in [1.54, 1.807) is 36.4 Å². The van der Waals surface area contributed by atoms with Gasteiger partial charge in [0, 0.05) is 10.2 Å². The van der Waals surface area contributed by atoms with Gasteiger partial charge in [0.1, 0.15) is 11.6 Å². The molecular weight excluding hydrogens is 427 g/mol. The Kier molecular flexibility index (Phi) is 6.89. The Morgan fingerprint density at radius 3 is 2.40 bits per heavy atom. The van der Waals surface area contributed by atoms with Gasteiger partial charge in [0.05, 0.1) is 16.7 Å². The Morgan fingerprint density at radius 2 is 1.88 bits per heavy atom. The van der Waals surface area contributed by atoms with Crippen molar-refractivity contribution in [1.82, 2.24) is 0 Å². The van der Waals surface area contributed by atoms with Gasteiger partial charge < -0.3 is 10.1 Å². The molecule has 1 amide bonds. The van der Waals surface area contributed by atoms with Gasteiger partial charge >= 0.3 is 0 Å². The molecule has 2 aromatic carbocycles. The fraction of sp³-hybridized carbons (Fsp3) is 0.111. The summed E-state index contributed by atoms with van der Waals surface area (Å²) in [5.74, 6) is -0.147. The predicted molar refractivity (Wildman–Crippen MR) is 104 cm³/mol. The average Bonchev–Trinajstić information content (AvgIpc) is 2.58. The minimum Gasteiger partial charge on any atom is -0.491 e. The Balaban J connectivity index is 2.26. The number of nitrogens with one attached hydrogen (secondary N) is 1. The van der Waals surface area contributed by atoms with Crippen molar-refractivity contribution < 1.29 is 9.53 Å². The number of anilines is 1. The number of ether oxygens (including phenoxy) is 1. The maximum Gasteiger partial charge on any atom is 0.266 e. The molecule has 0 saturated heterocycles. The van der Waals surface area contributed by atoms with Crippen molar-refractivity contribution in [2.45, 2.75) is 6.92 Å². The van der Waals surface area contributed by atoms with Crippen molar-refractivity contribution in [3.8, 4) is 11.8 Å². The third-order valence-corrected chi connectivity index (χ3v) is 4.18. The van der Waals surface area contributed by atoms with Crippen LogP contribution in [0.5, 0.6) is 5.75 Å². The summed E-state index contributed by atoms with van der Waals surface area (Å²) in [6.07, 6.45) is 1.42. The highest BCUT2D eigenvalue weighted by atomic mass is 79.9. The summed E-state index contributed by atoms with van der Waals surface area (Å²) in [6, 6.07) is 12.1. The first-order valence-electron chi connectivity index (χ1n) is 7.25. The molecule has 128 valence electrons. The van der Waals surface area contributed by atoms with Gasteiger partial charge in [-0.15, -0.1) is 0 Å². The summed E-state index contributed by atoms with van der Waals surface area (Å²) >= 11 is 15.6. The molecule has 0 fully saturated rings. The van der Waals surface area contributed by atoms with E-state index in [-0.39, 0.29) is 5.57 Å². The Labute approximate surface area is 164 Å². The average molecular weight is 440 g/mol. The maximum absolute atomic E-state index is 12.3. The normalized spacial score (nSPS) is 10.9. The molecule has 0 aliphatic heterocycles. The van der Waals surface area contributed by atoms with E-state index in [0.717, 1.165) is 4.47 Å². The highest BCUT2D eigenvalue weighted by molar-refractivity contribution is 9.10. The van der Waals surface area contributed by atoms with E-state index in [0.29, 0.717) is 33.7 Å². The van der Waals surface area contributed by atoms with Crippen LogP contribution in [0.25, 0.3) is 6.08 Å². The topological polar surface area (TPSA) is 62.1 Å². The number of amides is 1. The van der Waals surface area contributed by atoms with Crippen LogP contribution in [-0.4, -0.2) is 12.5 Å². The lowest BCUT2D eigenvalue weighted by atomic mass is 10.1. The van der Waals surface area contributed by atoms with Crippen LogP contribution in [0.2, 0.25) is 10.0 Å². The van der Waals surface area contributed by atoms with E-state index in [4.69, 9.17) is 27.9 Å². The zero-order valence-corrected chi connectivity index (χ0v) is 16.2. The fourth-order valence-electron chi connectivity index (χ4n) is 1.99. The zero-order valence-electron chi connectivity index (χ0n) is 13.1. The van der Waals surface area contributed by atoms with E-state index >= 15 is 0 Å². The molecule has 0 atom stereocenters. The van der Waals surface area contributed by atoms with Crippen molar-refractivity contribution >= 4 is 56.8 Å². The second-order valence-corrected chi connectivity index (χ2v) is 6.61. The lowest BCUT2D eigenvalue weighted by Gasteiger charge is -2.09. The molecule has 0 aliphatic carbocycles. The summed E-state index contributed by atoms with van der Waals surface area (Å²) in [7, 11) is 0. The Hall–Kier alpha value is -2.00. The molecule has 0 unspecified atom stereocenters. The van der Waals surface area contributed by atoms with Gasteiger partial charge in [-0.2, -0.15) is 5.26 Å². The molecule has 2 rings (SSSR count). The van der Waals surface area contributed by atoms with Crippen molar-refractivity contribution in [2.24, 2.45) is 0 Å². The van der Waals surface area contributed by atoms with Gasteiger partial charge in [0.25, 0.3) is 5.91 Å². The van der Waals surface area contributed by atoms with Crippen LogP contribution in [-0.2, 0) is 4.79 Å². The van der Waals surface area contributed by atoms with Crippen LogP contribution in [0.1, 0.15) is 12.5 Å². The fourth-order valence-corrected chi connectivity index (χ4v) is 2.87. The molecule has 0 radical (unpaired) electrons. The van der Waals surface area contributed by atoms with E-state index in [1.165, 1.54) is 6.08 Å².